The number of benzene rings is 2. The summed E-state index contributed by atoms with van der Waals surface area (Å²) < 4.78 is 106. The van der Waals surface area contributed by atoms with E-state index in [2.05, 4.69) is 19.9 Å². The Morgan fingerprint density at radius 1 is 1.19 bits per heavy atom. The van der Waals surface area contributed by atoms with Crippen LogP contribution < -0.4 is 20.1 Å². The largest absolute Gasteiger partial charge is 0.461 e. The predicted octanol–water partition coefficient (Wildman–Crippen LogP) is 5.65. The first-order valence-electron chi connectivity index (χ1n) is 16.4. The third kappa shape index (κ3) is 4.91. The van der Waals surface area contributed by atoms with Gasteiger partial charge in [0.15, 0.2) is 17.4 Å². The van der Waals surface area contributed by atoms with Gasteiger partial charge < -0.3 is 24.8 Å². The van der Waals surface area contributed by atoms with Crippen LogP contribution in [0.5, 0.6) is 11.8 Å². The zero-order valence-electron chi connectivity index (χ0n) is 27.0. The summed E-state index contributed by atoms with van der Waals surface area (Å²) in [7, 11) is 0. The number of aromatic nitrogens is 3. The summed E-state index contributed by atoms with van der Waals surface area (Å²) in [6, 6.07) is 4.23. The summed E-state index contributed by atoms with van der Waals surface area (Å²) in [4.78, 5) is 17.3. The monoisotopic (exact) mass is 656 g/mol. The Bertz CT molecular complexity index is 2020. The second-order valence-corrected chi connectivity index (χ2v) is 12.6. The Morgan fingerprint density at radius 2 is 2.06 bits per heavy atom. The zero-order chi connectivity index (χ0) is 34.2. The number of nitrogen functional groups attached to an aromatic ring is 1. The van der Waals surface area contributed by atoms with Crippen LogP contribution in [0.4, 0.5) is 33.5 Å². The highest BCUT2D eigenvalue weighted by atomic mass is 19.1. The van der Waals surface area contributed by atoms with Gasteiger partial charge in [0.2, 0.25) is 6.81 Å². The van der Waals surface area contributed by atoms with Gasteiger partial charge in [-0.25, -0.2) is 22.0 Å². The smallest absolute Gasteiger partial charge is 0.319 e. The SMILES string of the molecule is [2H]C([2H])(F)Oc1c(F)ccc2cc(N)cc(-c3ncc4c(N5CCOC[C@H]6[C@H](F)[C@H]65)nc(OC[C@@]56CCCN5C/C(=C\F)C6)nc4c3F)c12. The number of anilines is 2. The van der Waals surface area contributed by atoms with E-state index in [0.717, 1.165) is 25.5 Å². The van der Waals surface area contributed by atoms with Gasteiger partial charge in [-0.15, -0.1) is 0 Å². The zero-order valence-corrected chi connectivity index (χ0v) is 25.0. The molecule has 5 heterocycles. The molecule has 1 aliphatic carbocycles. The summed E-state index contributed by atoms with van der Waals surface area (Å²) in [5.41, 5.74) is 5.72. The molecule has 4 aromatic rings. The molecule has 0 radical (unpaired) electrons. The third-order valence-corrected chi connectivity index (χ3v) is 9.85. The summed E-state index contributed by atoms with van der Waals surface area (Å²) in [5, 5.41) is 0.186. The minimum Gasteiger partial charge on any atom is -0.461 e. The maximum absolute atomic E-state index is 16.9. The number of hydrogen-bond acceptors (Lipinski definition) is 9. The summed E-state index contributed by atoms with van der Waals surface area (Å²) in [6.45, 7) is -1.66. The fourth-order valence-corrected chi connectivity index (χ4v) is 7.59. The van der Waals surface area contributed by atoms with Crippen molar-refractivity contribution in [3.05, 3.63) is 54.0 Å². The first kappa shape index (κ1) is 27.8. The standard InChI is InChI=1S/C33H31F5N6O3/c34-11-17-10-33(4-1-5-43(33)13-17)15-46-32-41-28-21(31(42-32)44-6-7-45-14-22-25(37)29(22)44)12-40-27(26(28)38)20-9-19(39)8-18-2-3-23(36)30(24(18)20)47-16-35/h2-3,8-9,11-12,22,25,29H,1,4-7,10,13-16,39H2/b17-11-/t22-,25-,29-,33-/m0/s1/i16D2. The summed E-state index contributed by atoms with van der Waals surface area (Å²) in [6.07, 6.45) is 2.85. The average Bonchev–Trinajstić information content (AvgIpc) is 3.42. The first-order chi connectivity index (χ1) is 23.5. The van der Waals surface area contributed by atoms with Gasteiger partial charge in [0.1, 0.15) is 32.5 Å². The lowest BCUT2D eigenvalue weighted by molar-refractivity contribution is 0.108. The number of fused-ring (bicyclic) bond motifs is 4. The van der Waals surface area contributed by atoms with Crippen LogP contribution in [0.2, 0.25) is 0 Å². The maximum Gasteiger partial charge on any atom is 0.319 e. The number of nitrogens with zero attached hydrogens (tertiary/aromatic N) is 5. The van der Waals surface area contributed by atoms with E-state index in [0.29, 0.717) is 24.9 Å². The van der Waals surface area contributed by atoms with Crippen molar-refractivity contribution in [2.45, 2.75) is 37.0 Å². The molecular weight excluding hydrogens is 623 g/mol. The van der Waals surface area contributed by atoms with Gasteiger partial charge in [-0.2, -0.15) is 9.97 Å². The molecule has 47 heavy (non-hydrogen) atoms. The van der Waals surface area contributed by atoms with E-state index < -0.39 is 47.9 Å². The number of halogens is 5. The fourth-order valence-electron chi connectivity index (χ4n) is 7.59. The number of alkyl halides is 2. The van der Waals surface area contributed by atoms with Crippen LogP contribution in [-0.4, -0.2) is 83.9 Å². The Morgan fingerprint density at radius 3 is 2.89 bits per heavy atom. The van der Waals surface area contributed by atoms with Gasteiger partial charge in [0.05, 0.1) is 36.5 Å². The van der Waals surface area contributed by atoms with Crippen LogP contribution in [0.25, 0.3) is 32.9 Å². The minimum atomic E-state index is -3.77. The van der Waals surface area contributed by atoms with Crippen LogP contribution in [0.3, 0.4) is 0 Å². The molecule has 246 valence electrons. The molecule has 8 rings (SSSR count). The summed E-state index contributed by atoms with van der Waals surface area (Å²) in [5.74, 6) is -3.09. The Kier molecular flexibility index (Phi) is 6.76. The molecule has 3 saturated heterocycles. The molecule has 0 amide bonds. The highest BCUT2D eigenvalue weighted by molar-refractivity contribution is 6.04. The van der Waals surface area contributed by atoms with Gasteiger partial charge in [0.25, 0.3) is 0 Å². The average molecular weight is 657 g/mol. The van der Waals surface area contributed by atoms with Crippen molar-refractivity contribution >= 4 is 33.2 Å². The highest BCUT2D eigenvalue weighted by Gasteiger charge is 2.56. The van der Waals surface area contributed by atoms with E-state index >= 15 is 8.78 Å². The van der Waals surface area contributed by atoms with Gasteiger partial charge in [0, 0.05) is 41.8 Å². The van der Waals surface area contributed by atoms with Gasteiger partial charge in [-0.3, -0.25) is 9.88 Å². The quantitative estimate of drug-likeness (QED) is 0.200. The molecule has 0 bridgehead atoms. The van der Waals surface area contributed by atoms with Crippen molar-refractivity contribution in [2.24, 2.45) is 5.92 Å². The molecule has 4 atom stereocenters. The second-order valence-electron chi connectivity index (χ2n) is 12.6. The van der Waals surface area contributed by atoms with Gasteiger partial charge in [-0.05, 0) is 55.0 Å². The van der Waals surface area contributed by atoms with Gasteiger partial charge >= 0.3 is 6.01 Å². The van der Waals surface area contributed by atoms with E-state index in [4.69, 9.17) is 22.7 Å². The van der Waals surface area contributed by atoms with E-state index in [9.17, 15) is 13.2 Å². The molecule has 4 fully saturated rings. The van der Waals surface area contributed by atoms with Crippen molar-refractivity contribution in [2.75, 3.05) is 56.9 Å². The molecule has 2 aromatic heterocycles. The first-order valence-corrected chi connectivity index (χ1v) is 15.4. The Hall–Kier alpha value is -4.30. The fraction of sp³-hybridized carbons (Fsp3) is 0.424. The second kappa shape index (κ2) is 11.4. The van der Waals surface area contributed by atoms with Crippen molar-refractivity contribution < 1.29 is 38.9 Å². The molecule has 3 aliphatic heterocycles. The molecule has 2 aromatic carbocycles. The lowest BCUT2D eigenvalue weighted by atomic mass is 9.94. The predicted molar refractivity (Wildman–Crippen MR) is 164 cm³/mol. The number of rotatable bonds is 7. The van der Waals surface area contributed by atoms with Gasteiger partial charge in [-0.1, -0.05) is 6.07 Å². The van der Waals surface area contributed by atoms with Crippen molar-refractivity contribution in [3.8, 4) is 23.0 Å². The minimum absolute atomic E-state index is 0.0980. The molecule has 0 unspecified atom stereocenters. The Balaban J connectivity index is 1.29. The summed E-state index contributed by atoms with van der Waals surface area (Å²) >= 11 is 0. The van der Waals surface area contributed by atoms with E-state index in [1.807, 2.05) is 0 Å². The molecule has 9 nitrogen and oxygen atoms in total. The molecule has 0 spiro atoms. The van der Waals surface area contributed by atoms with Crippen LogP contribution in [0, 0.1) is 17.6 Å². The lowest BCUT2D eigenvalue weighted by Gasteiger charge is -2.31. The molecule has 4 aliphatic rings. The number of hydrogen-bond donors (Lipinski definition) is 1. The topological polar surface area (TPSA) is 98.9 Å². The number of nitrogens with two attached hydrogens (primary N) is 1. The Labute approximate surface area is 268 Å². The normalized spacial score (nSPS) is 27.5. The van der Waals surface area contributed by atoms with Crippen LogP contribution in [0.1, 0.15) is 22.0 Å². The van der Waals surface area contributed by atoms with Crippen LogP contribution in [-0.2, 0) is 4.74 Å². The highest BCUT2D eigenvalue weighted by Crippen LogP contribution is 2.46. The van der Waals surface area contributed by atoms with E-state index in [-0.39, 0.29) is 76.8 Å². The van der Waals surface area contributed by atoms with Crippen molar-refractivity contribution in [3.63, 3.8) is 0 Å². The van der Waals surface area contributed by atoms with Crippen molar-refractivity contribution in [1.82, 2.24) is 19.9 Å². The number of pyridine rings is 1. The lowest BCUT2D eigenvalue weighted by Crippen LogP contribution is -2.43. The molecule has 14 heteroatoms. The van der Waals surface area contributed by atoms with Crippen LogP contribution >= 0.6 is 0 Å². The molecular formula is C33H31F5N6O3. The van der Waals surface area contributed by atoms with E-state index in [1.165, 1.54) is 24.4 Å². The molecule has 2 N–H and O–H groups in total. The van der Waals surface area contributed by atoms with Crippen molar-refractivity contribution in [1.29, 1.82) is 0 Å². The number of ether oxygens (including phenoxy) is 3. The molecule has 1 saturated carbocycles. The van der Waals surface area contributed by atoms with E-state index in [1.54, 1.807) is 4.90 Å². The van der Waals surface area contributed by atoms with Crippen LogP contribution in [0.15, 0.2) is 42.4 Å². The maximum atomic E-state index is 16.9. The third-order valence-electron chi connectivity index (χ3n) is 9.85.